The van der Waals surface area contributed by atoms with Crippen LogP contribution in [0.25, 0.3) is 5.69 Å². The lowest BCUT2D eigenvalue weighted by Crippen LogP contribution is -2.23. The van der Waals surface area contributed by atoms with E-state index in [1.807, 2.05) is 42.0 Å². The molecule has 0 atom stereocenters. The average Bonchev–Trinajstić information content (AvgIpc) is 2.99. The van der Waals surface area contributed by atoms with Gasteiger partial charge in [-0.05, 0) is 42.8 Å². The standard InChI is InChI=1S/C18H16ClN3O/c1-13-20-10-11-22(13)17-5-3-2-4-15(17)12-21-18(23)14-6-8-16(19)9-7-14/h2-11H,12H2,1H3,(H,21,23). The summed E-state index contributed by atoms with van der Waals surface area (Å²) in [4.78, 5) is 16.5. The summed E-state index contributed by atoms with van der Waals surface area (Å²) >= 11 is 5.84. The Morgan fingerprint density at radius 3 is 2.61 bits per heavy atom. The van der Waals surface area contributed by atoms with Crippen molar-refractivity contribution in [1.82, 2.24) is 14.9 Å². The number of nitrogens with zero attached hydrogens (tertiary/aromatic N) is 2. The molecule has 116 valence electrons. The number of carbonyl (C=O) groups is 1. The van der Waals surface area contributed by atoms with Crippen LogP contribution in [0.3, 0.4) is 0 Å². The summed E-state index contributed by atoms with van der Waals surface area (Å²) in [5.74, 6) is 0.778. The molecular formula is C18H16ClN3O. The van der Waals surface area contributed by atoms with E-state index in [4.69, 9.17) is 11.6 Å². The zero-order valence-electron chi connectivity index (χ0n) is 12.7. The molecule has 0 spiro atoms. The number of aryl methyl sites for hydroxylation is 1. The van der Waals surface area contributed by atoms with Crippen LogP contribution in [0.15, 0.2) is 60.9 Å². The Hall–Kier alpha value is -2.59. The number of hydrogen-bond acceptors (Lipinski definition) is 2. The highest BCUT2D eigenvalue weighted by Crippen LogP contribution is 2.16. The highest BCUT2D eigenvalue weighted by Gasteiger charge is 2.09. The van der Waals surface area contributed by atoms with Crippen molar-refractivity contribution in [3.05, 3.63) is 82.9 Å². The van der Waals surface area contributed by atoms with Gasteiger partial charge in [0.05, 0.1) is 5.69 Å². The van der Waals surface area contributed by atoms with Crippen LogP contribution in [0.4, 0.5) is 0 Å². The number of benzene rings is 2. The molecule has 0 radical (unpaired) electrons. The van der Waals surface area contributed by atoms with E-state index in [0.29, 0.717) is 17.1 Å². The van der Waals surface area contributed by atoms with E-state index in [9.17, 15) is 4.79 Å². The minimum atomic E-state index is -0.126. The molecule has 23 heavy (non-hydrogen) atoms. The predicted molar refractivity (Wildman–Crippen MR) is 90.9 cm³/mol. The summed E-state index contributed by atoms with van der Waals surface area (Å²) in [5.41, 5.74) is 2.63. The monoisotopic (exact) mass is 325 g/mol. The maximum absolute atomic E-state index is 12.2. The van der Waals surface area contributed by atoms with Gasteiger partial charge in [0, 0.05) is 29.5 Å². The molecule has 0 aliphatic heterocycles. The summed E-state index contributed by atoms with van der Waals surface area (Å²) in [6.07, 6.45) is 3.67. The Balaban J connectivity index is 1.78. The Morgan fingerprint density at radius 2 is 1.91 bits per heavy atom. The maximum atomic E-state index is 12.2. The minimum Gasteiger partial charge on any atom is -0.348 e. The van der Waals surface area contributed by atoms with E-state index in [1.165, 1.54) is 0 Å². The minimum absolute atomic E-state index is 0.126. The van der Waals surface area contributed by atoms with Crippen LogP contribution in [-0.2, 0) is 6.54 Å². The van der Waals surface area contributed by atoms with Crippen molar-refractivity contribution in [3.63, 3.8) is 0 Å². The lowest BCUT2D eigenvalue weighted by atomic mass is 10.1. The van der Waals surface area contributed by atoms with E-state index in [-0.39, 0.29) is 5.91 Å². The molecule has 0 unspecified atom stereocenters. The van der Waals surface area contributed by atoms with Crippen molar-refractivity contribution in [2.45, 2.75) is 13.5 Å². The van der Waals surface area contributed by atoms with Gasteiger partial charge in [0.1, 0.15) is 5.82 Å². The number of imidazole rings is 1. The molecule has 5 heteroatoms. The van der Waals surface area contributed by atoms with Crippen LogP contribution in [0.1, 0.15) is 21.7 Å². The SMILES string of the molecule is Cc1nccn1-c1ccccc1CNC(=O)c1ccc(Cl)cc1. The number of rotatable bonds is 4. The van der Waals surface area contributed by atoms with E-state index >= 15 is 0 Å². The van der Waals surface area contributed by atoms with Gasteiger partial charge in [-0.25, -0.2) is 4.98 Å². The van der Waals surface area contributed by atoms with Crippen molar-refractivity contribution in [2.24, 2.45) is 0 Å². The number of amides is 1. The van der Waals surface area contributed by atoms with Crippen LogP contribution in [0.5, 0.6) is 0 Å². The molecule has 1 N–H and O–H groups in total. The van der Waals surface area contributed by atoms with Crippen LogP contribution in [0.2, 0.25) is 5.02 Å². The van der Waals surface area contributed by atoms with Crippen molar-refractivity contribution in [2.75, 3.05) is 0 Å². The zero-order valence-corrected chi connectivity index (χ0v) is 13.4. The quantitative estimate of drug-likeness (QED) is 0.793. The van der Waals surface area contributed by atoms with Crippen molar-refractivity contribution >= 4 is 17.5 Å². The Kier molecular flexibility index (Phi) is 4.44. The third-order valence-corrected chi connectivity index (χ3v) is 3.87. The van der Waals surface area contributed by atoms with Crippen LogP contribution < -0.4 is 5.32 Å². The van der Waals surface area contributed by atoms with Gasteiger partial charge in [0.25, 0.3) is 5.91 Å². The first-order valence-corrected chi connectivity index (χ1v) is 7.65. The second kappa shape index (κ2) is 6.67. The summed E-state index contributed by atoms with van der Waals surface area (Å²) in [7, 11) is 0. The fourth-order valence-electron chi connectivity index (χ4n) is 2.41. The molecule has 0 fully saturated rings. The summed E-state index contributed by atoms with van der Waals surface area (Å²) < 4.78 is 2.00. The van der Waals surface area contributed by atoms with Gasteiger partial charge in [0.15, 0.2) is 0 Å². The van der Waals surface area contributed by atoms with Gasteiger partial charge < -0.3 is 9.88 Å². The second-order valence-electron chi connectivity index (χ2n) is 5.16. The number of para-hydroxylation sites is 1. The predicted octanol–water partition coefficient (Wildman–Crippen LogP) is 3.76. The molecule has 1 aromatic heterocycles. The zero-order chi connectivity index (χ0) is 16.2. The van der Waals surface area contributed by atoms with Crippen LogP contribution in [0, 0.1) is 6.92 Å². The molecule has 3 rings (SSSR count). The van der Waals surface area contributed by atoms with Gasteiger partial charge in [-0.15, -0.1) is 0 Å². The molecule has 0 saturated heterocycles. The topological polar surface area (TPSA) is 46.9 Å². The molecule has 3 aromatic rings. The molecule has 0 bridgehead atoms. The van der Waals surface area contributed by atoms with Crippen molar-refractivity contribution in [1.29, 1.82) is 0 Å². The van der Waals surface area contributed by atoms with E-state index in [0.717, 1.165) is 17.1 Å². The summed E-state index contributed by atoms with van der Waals surface area (Å²) in [5, 5.41) is 3.55. The number of aromatic nitrogens is 2. The normalized spacial score (nSPS) is 10.5. The van der Waals surface area contributed by atoms with Gasteiger partial charge in [-0.1, -0.05) is 29.8 Å². The summed E-state index contributed by atoms with van der Waals surface area (Å²) in [6.45, 7) is 2.39. The van der Waals surface area contributed by atoms with Gasteiger partial charge in [-0.2, -0.15) is 0 Å². The number of halogens is 1. The smallest absolute Gasteiger partial charge is 0.251 e. The fraction of sp³-hybridized carbons (Fsp3) is 0.111. The number of hydrogen-bond donors (Lipinski definition) is 1. The first-order valence-electron chi connectivity index (χ1n) is 7.27. The third kappa shape index (κ3) is 3.43. The molecule has 4 nitrogen and oxygen atoms in total. The van der Waals surface area contributed by atoms with Crippen LogP contribution >= 0.6 is 11.6 Å². The lowest BCUT2D eigenvalue weighted by Gasteiger charge is -2.12. The van der Waals surface area contributed by atoms with E-state index in [2.05, 4.69) is 10.3 Å². The molecule has 0 aliphatic rings. The van der Waals surface area contributed by atoms with Gasteiger partial charge in [0.2, 0.25) is 0 Å². The number of nitrogens with one attached hydrogen (secondary N) is 1. The molecule has 2 aromatic carbocycles. The molecule has 1 heterocycles. The largest absolute Gasteiger partial charge is 0.348 e. The van der Waals surface area contributed by atoms with Gasteiger partial charge in [-0.3, -0.25) is 4.79 Å². The average molecular weight is 326 g/mol. The van der Waals surface area contributed by atoms with Gasteiger partial charge >= 0.3 is 0 Å². The first-order chi connectivity index (χ1) is 11.1. The van der Waals surface area contributed by atoms with Crippen molar-refractivity contribution in [3.8, 4) is 5.69 Å². The lowest BCUT2D eigenvalue weighted by molar-refractivity contribution is 0.0951. The molecular weight excluding hydrogens is 310 g/mol. The van der Waals surface area contributed by atoms with Crippen LogP contribution in [-0.4, -0.2) is 15.5 Å². The molecule has 0 saturated carbocycles. The second-order valence-corrected chi connectivity index (χ2v) is 5.60. The van der Waals surface area contributed by atoms with E-state index < -0.39 is 0 Å². The first kappa shape index (κ1) is 15.3. The third-order valence-electron chi connectivity index (χ3n) is 3.62. The maximum Gasteiger partial charge on any atom is 0.251 e. The fourth-order valence-corrected chi connectivity index (χ4v) is 2.53. The highest BCUT2D eigenvalue weighted by molar-refractivity contribution is 6.30. The Morgan fingerprint density at radius 1 is 1.17 bits per heavy atom. The summed E-state index contributed by atoms with van der Waals surface area (Å²) in [6, 6.07) is 14.8. The molecule has 0 aliphatic carbocycles. The number of carbonyl (C=O) groups excluding carboxylic acids is 1. The Labute approximate surface area is 139 Å². The highest BCUT2D eigenvalue weighted by atomic mass is 35.5. The van der Waals surface area contributed by atoms with E-state index in [1.54, 1.807) is 30.5 Å². The molecule has 1 amide bonds. The Bertz CT molecular complexity index is 824. The van der Waals surface area contributed by atoms with Crippen molar-refractivity contribution < 1.29 is 4.79 Å².